The summed E-state index contributed by atoms with van der Waals surface area (Å²) in [5.41, 5.74) is 1.85. The Morgan fingerprint density at radius 2 is 1.62 bits per heavy atom. The Bertz CT molecular complexity index is 1140. The highest BCUT2D eigenvalue weighted by Crippen LogP contribution is 2.65. The zero-order valence-corrected chi connectivity index (χ0v) is 20.2. The zero-order chi connectivity index (χ0) is 22.0. The summed E-state index contributed by atoms with van der Waals surface area (Å²) in [5.74, 6) is 1.58. The van der Waals surface area contributed by atoms with Gasteiger partial charge in [0.1, 0.15) is 12.4 Å². The molecule has 5 aliphatic rings. The lowest BCUT2D eigenvalue weighted by Crippen LogP contribution is -2.40. The SMILES string of the molecule is O=C1[C@@H]2[C@H]3C=C[C@@H]([C@@H]4C[C@@H]34)[C@@H]2C(=O)N1N=Cc1ccc(OCc2ccc(Br)cc2)c(Br)c1. The number of allylic oxidation sites excluding steroid dienone is 2. The lowest BCUT2D eigenvalue weighted by atomic mass is 9.63. The molecule has 7 rings (SSSR count). The lowest BCUT2D eigenvalue weighted by Gasteiger charge is -2.37. The molecule has 2 aromatic rings. The predicted octanol–water partition coefficient (Wildman–Crippen LogP) is 5.18. The molecule has 1 aliphatic heterocycles. The maximum absolute atomic E-state index is 13.0. The number of carbonyl (C=O) groups is 2. The zero-order valence-electron chi connectivity index (χ0n) is 17.0. The normalized spacial score (nSPS) is 31.9. The molecule has 7 heteroatoms. The molecule has 2 amide bonds. The van der Waals surface area contributed by atoms with E-state index in [1.807, 2.05) is 42.5 Å². The van der Waals surface area contributed by atoms with Crippen LogP contribution in [0.2, 0.25) is 0 Å². The van der Waals surface area contributed by atoms with Gasteiger partial charge >= 0.3 is 0 Å². The molecule has 4 aliphatic carbocycles. The quantitative estimate of drug-likeness (QED) is 0.290. The van der Waals surface area contributed by atoms with Crippen LogP contribution < -0.4 is 4.74 Å². The van der Waals surface area contributed by atoms with Crippen molar-refractivity contribution in [2.45, 2.75) is 13.0 Å². The highest BCUT2D eigenvalue weighted by atomic mass is 79.9. The summed E-state index contributed by atoms with van der Waals surface area (Å²) in [5, 5.41) is 5.41. The monoisotopic (exact) mass is 554 g/mol. The number of hydrogen-bond acceptors (Lipinski definition) is 4. The van der Waals surface area contributed by atoms with Crippen LogP contribution in [0.3, 0.4) is 0 Å². The van der Waals surface area contributed by atoms with Crippen molar-refractivity contribution < 1.29 is 14.3 Å². The number of halogens is 2. The van der Waals surface area contributed by atoms with Crippen LogP contribution in [0.15, 0.2) is 68.7 Å². The Hall–Kier alpha value is -2.25. The van der Waals surface area contributed by atoms with Gasteiger partial charge in [-0.25, -0.2) is 0 Å². The number of hydrogen-bond donors (Lipinski definition) is 0. The van der Waals surface area contributed by atoms with Crippen molar-refractivity contribution in [3.8, 4) is 5.75 Å². The molecule has 0 unspecified atom stereocenters. The Labute approximate surface area is 202 Å². The first-order chi connectivity index (χ1) is 15.5. The Morgan fingerprint density at radius 3 is 2.25 bits per heavy atom. The minimum Gasteiger partial charge on any atom is -0.488 e. The van der Waals surface area contributed by atoms with Gasteiger partial charge in [0.2, 0.25) is 0 Å². The molecule has 0 radical (unpaired) electrons. The van der Waals surface area contributed by atoms with Gasteiger partial charge in [-0.05, 0) is 87.5 Å². The third-order valence-corrected chi connectivity index (χ3v) is 8.37. The van der Waals surface area contributed by atoms with Crippen molar-refractivity contribution in [1.82, 2.24) is 5.01 Å². The van der Waals surface area contributed by atoms with Crippen LogP contribution in [-0.4, -0.2) is 23.0 Å². The average Bonchev–Trinajstić information content (AvgIpc) is 3.57. The van der Waals surface area contributed by atoms with Crippen molar-refractivity contribution in [2.24, 2.45) is 40.6 Å². The maximum atomic E-state index is 13.0. The van der Waals surface area contributed by atoms with E-state index in [4.69, 9.17) is 4.74 Å². The third kappa shape index (κ3) is 3.28. The molecule has 162 valence electrons. The number of ether oxygens (including phenoxy) is 1. The fourth-order valence-corrected chi connectivity index (χ4v) is 6.41. The van der Waals surface area contributed by atoms with Crippen molar-refractivity contribution in [3.05, 3.63) is 74.7 Å². The van der Waals surface area contributed by atoms with E-state index in [1.165, 1.54) is 0 Å². The van der Waals surface area contributed by atoms with Gasteiger partial charge in [-0.2, -0.15) is 10.1 Å². The number of nitrogens with zero attached hydrogens (tertiary/aromatic N) is 2. The molecule has 6 atom stereocenters. The molecule has 0 aromatic heterocycles. The molecule has 1 saturated heterocycles. The second-order valence-corrected chi connectivity index (χ2v) is 10.8. The fraction of sp³-hybridized carbons (Fsp3) is 0.320. The summed E-state index contributed by atoms with van der Waals surface area (Å²) in [6.45, 7) is 0.456. The second-order valence-electron chi connectivity index (χ2n) is 8.99. The van der Waals surface area contributed by atoms with Crippen LogP contribution in [0.1, 0.15) is 17.5 Å². The molecule has 1 heterocycles. The van der Waals surface area contributed by atoms with Crippen molar-refractivity contribution >= 4 is 49.9 Å². The summed E-state index contributed by atoms with van der Waals surface area (Å²) >= 11 is 6.97. The van der Waals surface area contributed by atoms with E-state index >= 15 is 0 Å². The smallest absolute Gasteiger partial charge is 0.254 e. The van der Waals surface area contributed by atoms with E-state index in [9.17, 15) is 9.59 Å². The summed E-state index contributed by atoms with van der Waals surface area (Å²) in [6.07, 6.45) is 7.07. The molecule has 2 saturated carbocycles. The van der Waals surface area contributed by atoms with Gasteiger partial charge in [-0.15, -0.1) is 0 Å². The third-order valence-electron chi connectivity index (χ3n) is 7.23. The topological polar surface area (TPSA) is 59.0 Å². The number of carbonyl (C=O) groups excluding carboxylic acids is 2. The number of amides is 2. The first-order valence-electron chi connectivity index (χ1n) is 10.8. The first-order valence-corrected chi connectivity index (χ1v) is 12.4. The number of hydrazone groups is 1. The summed E-state index contributed by atoms with van der Waals surface area (Å²) < 4.78 is 7.72. The molecule has 3 fully saturated rings. The Morgan fingerprint density at radius 1 is 0.969 bits per heavy atom. The van der Waals surface area contributed by atoms with Gasteiger partial charge in [0.05, 0.1) is 22.5 Å². The van der Waals surface area contributed by atoms with Gasteiger partial charge in [0.15, 0.2) is 0 Å². The maximum Gasteiger partial charge on any atom is 0.254 e. The van der Waals surface area contributed by atoms with Gasteiger partial charge in [-0.3, -0.25) is 9.59 Å². The molecule has 2 aromatic carbocycles. The van der Waals surface area contributed by atoms with Gasteiger partial charge in [0.25, 0.3) is 11.8 Å². The average molecular weight is 556 g/mol. The van der Waals surface area contributed by atoms with Crippen LogP contribution in [-0.2, 0) is 16.2 Å². The number of benzene rings is 2. The van der Waals surface area contributed by atoms with Crippen molar-refractivity contribution in [3.63, 3.8) is 0 Å². The van der Waals surface area contributed by atoms with E-state index < -0.39 is 0 Å². The number of rotatable bonds is 5. The van der Waals surface area contributed by atoms with E-state index in [0.29, 0.717) is 24.2 Å². The molecule has 0 N–H and O–H groups in total. The van der Waals surface area contributed by atoms with E-state index in [1.54, 1.807) is 6.21 Å². The standard InChI is InChI=1S/C25H20Br2N2O3/c26-15-4-1-13(2-5-15)12-32-21-8-3-14(9-20(21)27)11-28-29-24(30)22-16-6-7-17(19-10-18(16)19)23(22)25(29)31/h1-9,11,16-19,22-23H,10,12H2/t16-,17-,18-,19-,22-,23+/m0/s1. The largest absolute Gasteiger partial charge is 0.488 e. The van der Waals surface area contributed by atoms with E-state index in [2.05, 4.69) is 49.1 Å². The molecule has 5 nitrogen and oxygen atoms in total. The van der Waals surface area contributed by atoms with Crippen molar-refractivity contribution in [2.75, 3.05) is 0 Å². The molecule has 0 spiro atoms. The molecule has 2 bridgehead atoms. The lowest BCUT2D eigenvalue weighted by molar-refractivity contribution is -0.140. The van der Waals surface area contributed by atoms with Crippen LogP contribution in [0, 0.1) is 35.5 Å². The Kier molecular flexibility index (Phi) is 4.88. The van der Waals surface area contributed by atoms with E-state index in [0.717, 1.165) is 31.5 Å². The van der Waals surface area contributed by atoms with Gasteiger partial charge in [-0.1, -0.05) is 40.2 Å². The highest BCUT2D eigenvalue weighted by Gasteiger charge is 2.67. The minimum absolute atomic E-state index is 0.144. The second kappa shape index (κ2) is 7.66. The summed E-state index contributed by atoms with van der Waals surface area (Å²) in [4.78, 5) is 26.0. The van der Waals surface area contributed by atoms with Crippen LogP contribution in [0.25, 0.3) is 0 Å². The number of imide groups is 1. The van der Waals surface area contributed by atoms with Crippen LogP contribution in [0.4, 0.5) is 0 Å². The highest BCUT2D eigenvalue weighted by molar-refractivity contribution is 9.10. The van der Waals surface area contributed by atoms with Gasteiger partial charge < -0.3 is 4.74 Å². The minimum atomic E-state index is -0.223. The van der Waals surface area contributed by atoms with Crippen LogP contribution in [0.5, 0.6) is 5.75 Å². The molecular formula is C25H20Br2N2O3. The fourth-order valence-electron chi connectivity index (χ4n) is 5.64. The first kappa shape index (κ1) is 20.4. The van der Waals surface area contributed by atoms with E-state index in [-0.39, 0.29) is 35.5 Å². The van der Waals surface area contributed by atoms with Crippen LogP contribution >= 0.6 is 31.9 Å². The Balaban J connectivity index is 1.15. The summed E-state index contributed by atoms with van der Waals surface area (Å²) in [7, 11) is 0. The van der Waals surface area contributed by atoms with Crippen molar-refractivity contribution in [1.29, 1.82) is 0 Å². The van der Waals surface area contributed by atoms with Gasteiger partial charge in [0, 0.05) is 4.47 Å². The molecule has 32 heavy (non-hydrogen) atoms. The predicted molar refractivity (Wildman–Crippen MR) is 127 cm³/mol. The summed E-state index contributed by atoms with van der Waals surface area (Å²) in [6, 6.07) is 13.6. The molecular weight excluding hydrogens is 536 g/mol.